The van der Waals surface area contributed by atoms with Crippen LogP contribution in [-0.2, 0) is 4.74 Å². The van der Waals surface area contributed by atoms with E-state index in [-0.39, 0.29) is 5.69 Å². The number of benzene rings is 1. The van der Waals surface area contributed by atoms with Gasteiger partial charge in [-0.3, -0.25) is 0 Å². The molecule has 0 saturated carbocycles. The second kappa shape index (κ2) is 4.77. The Labute approximate surface area is 108 Å². The molecule has 2 rings (SSSR count). The highest BCUT2D eigenvalue weighted by molar-refractivity contribution is 6.31. The fourth-order valence-corrected chi connectivity index (χ4v) is 1.69. The van der Waals surface area contributed by atoms with Crippen molar-refractivity contribution in [2.24, 2.45) is 0 Å². The first-order valence-electron chi connectivity index (χ1n) is 4.71. The normalized spacial score (nSPS) is 10.3. The van der Waals surface area contributed by atoms with Crippen molar-refractivity contribution in [1.82, 2.24) is 9.78 Å². The third-order valence-corrected chi connectivity index (χ3v) is 2.65. The number of rotatable bonds is 2. The lowest BCUT2D eigenvalue weighted by atomic mass is 10.3. The monoisotopic (exact) mass is 270 g/mol. The second-order valence-electron chi connectivity index (χ2n) is 3.23. The molecule has 17 heavy (non-hydrogen) atoms. The zero-order chi connectivity index (χ0) is 12.4. The summed E-state index contributed by atoms with van der Waals surface area (Å²) in [6.07, 6.45) is 0. The highest BCUT2D eigenvalue weighted by Crippen LogP contribution is 2.19. The smallest absolute Gasteiger partial charge is 0.358 e. The van der Waals surface area contributed by atoms with Crippen LogP contribution in [0, 0.1) is 0 Å². The molecule has 0 aliphatic carbocycles. The Morgan fingerprint density at radius 1 is 1.29 bits per heavy atom. The quantitative estimate of drug-likeness (QED) is 0.789. The molecule has 88 valence electrons. The molecule has 6 heteroatoms. The molecule has 0 radical (unpaired) electrons. The van der Waals surface area contributed by atoms with Crippen LogP contribution in [-0.4, -0.2) is 22.9 Å². The summed E-state index contributed by atoms with van der Waals surface area (Å²) < 4.78 is 6.00. The third kappa shape index (κ3) is 2.43. The van der Waals surface area contributed by atoms with Crippen molar-refractivity contribution in [2.45, 2.75) is 0 Å². The molecule has 0 spiro atoms. The van der Waals surface area contributed by atoms with E-state index in [1.165, 1.54) is 17.9 Å². The van der Waals surface area contributed by atoms with E-state index in [0.717, 1.165) is 5.69 Å². The topological polar surface area (TPSA) is 44.1 Å². The number of aromatic nitrogens is 2. The van der Waals surface area contributed by atoms with E-state index in [4.69, 9.17) is 23.2 Å². The van der Waals surface area contributed by atoms with Crippen LogP contribution >= 0.6 is 23.2 Å². The Kier molecular flexibility index (Phi) is 3.36. The molecule has 2 aromatic rings. The van der Waals surface area contributed by atoms with E-state index in [9.17, 15) is 4.79 Å². The number of nitrogens with zero attached hydrogens (tertiary/aromatic N) is 2. The number of halogens is 2. The van der Waals surface area contributed by atoms with Crippen LogP contribution in [0.15, 0.2) is 30.3 Å². The van der Waals surface area contributed by atoms with E-state index in [1.54, 1.807) is 24.3 Å². The molecular formula is C11H8Cl2N2O2. The number of carbonyl (C=O) groups excluding carboxylic acids is 1. The van der Waals surface area contributed by atoms with Crippen molar-refractivity contribution in [3.05, 3.63) is 46.2 Å². The van der Waals surface area contributed by atoms with E-state index in [2.05, 4.69) is 9.84 Å². The molecule has 0 unspecified atom stereocenters. The summed E-state index contributed by atoms with van der Waals surface area (Å²) >= 11 is 11.8. The highest BCUT2D eigenvalue weighted by atomic mass is 35.5. The Morgan fingerprint density at radius 2 is 1.94 bits per heavy atom. The molecule has 0 fully saturated rings. The third-order valence-electron chi connectivity index (χ3n) is 2.13. The fourth-order valence-electron chi connectivity index (χ4n) is 1.33. The van der Waals surface area contributed by atoms with Gasteiger partial charge in [0, 0.05) is 11.1 Å². The van der Waals surface area contributed by atoms with Crippen molar-refractivity contribution in [3.8, 4) is 5.69 Å². The summed E-state index contributed by atoms with van der Waals surface area (Å²) in [6.45, 7) is 0. The number of carbonyl (C=O) groups is 1. The summed E-state index contributed by atoms with van der Waals surface area (Å²) in [5.74, 6) is -0.528. The van der Waals surface area contributed by atoms with Gasteiger partial charge in [0.05, 0.1) is 12.8 Å². The molecule has 4 nitrogen and oxygen atoms in total. The minimum atomic E-state index is -0.528. The highest BCUT2D eigenvalue weighted by Gasteiger charge is 2.14. The maximum Gasteiger partial charge on any atom is 0.358 e. The van der Waals surface area contributed by atoms with Gasteiger partial charge in [-0.25, -0.2) is 9.48 Å². The van der Waals surface area contributed by atoms with Gasteiger partial charge in [0.1, 0.15) is 5.15 Å². The van der Waals surface area contributed by atoms with Gasteiger partial charge in [-0.15, -0.1) is 0 Å². The molecule has 1 aromatic carbocycles. The Morgan fingerprint density at radius 3 is 2.53 bits per heavy atom. The number of ether oxygens (including phenoxy) is 1. The van der Waals surface area contributed by atoms with E-state index in [0.29, 0.717) is 10.2 Å². The molecular weight excluding hydrogens is 263 g/mol. The molecule has 0 saturated heterocycles. The molecule has 0 aliphatic heterocycles. The van der Waals surface area contributed by atoms with Crippen LogP contribution in [0.25, 0.3) is 5.69 Å². The van der Waals surface area contributed by atoms with Crippen molar-refractivity contribution < 1.29 is 9.53 Å². The van der Waals surface area contributed by atoms with Crippen molar-refractivity contribution in [2.75, 3.05) is 7.11 Å². The Balaban J connectivity index is 2.42. The molecule has 0 amide bonds. The fraction of sp³-hybridized carbons (Fsp3) is 0.0909. The van der Waals surface area contributed by atoms with Gasteiger partial charge in [0.15, 0.2) is 5.69 Å². The van der Waals surface area contributed by atoms with Crippen LogP contribution in [0.4, 0.5) is 0 Å². The summed E-state index contributed by atoms with van der Waals surface area (Å²) in [5, 5.41) is 4.99. The largest absolute Gasteiger partial charge is 0.464 e. The van der Waals surface area contributed by atoms with Gasteiger partial charge in [0.2, 0.25) is 0 Å². The van der Waals surface area contributed by atoms with Crippen molar-refractivity contribution in [1.29, 1.82) is 0 Å². The molecule has 0 aliphatic rings. The number of esters is 1. The van der Waals surface area contributed by atoms with Gasteiger partial charge in [0.25, 0.3) is 0 Å². The summed E-state index contributed by atoms with van der Waals surface area (Å²) in [7, 11) is 1.29. The lowest BCUT2D eigenvalue weighted by Crippen LogP contribution is -2.04. The minimum absolute atomic E-state index is 0.160. The average molecular weight is 271 g/mol. The first kappa shape index (κ1) is 12.0. The summed E-state index contributed by atoms with van der Waals surface area (Å²) in [5.41, 5.74) is 0.877. The molecule has 0 N–H and O–H groups in total. The molecule has 0 bridgehead atoms. The maximum absolute atomic E-state index is 11.3. The zero-order valence-corrected chi connectivity index (χ0v) is 10.4. The molecule has 1 heterocycles. The number of hydrogen-bond donors (Lipinski definition) is 0. The van der Waals surface area contributed by atoms with Crippen molar-refractivity contribution >= 4 is 29.2 Å². The van der Waals surface area contributed by atoms with Crippen molar-refractivity contribution in [3.63, 3.8) is 0 Å². The van der Waals surface area contributed by atoms with Crippen LogP contribution in [0.2, 0.25) is 10.2 Å². The SMILES string of the molecule is COC(=O)c1cc(Cl)n(-c2ccc(Cl)cc2)n1. The first-order chi connectivity index (χ1) is 8.11. The van der Waals surface area contributed by atoms with Gasteiger partial charge >= 0.3 is 5.97 Å². The summed E-state index contributed by atoms with van der Waals surface area (Å²) in [6, 6.07) is 8.38. The van der Waals surface area contributed by atoms with Crippen LogP contribution in [0.5, 0.6) is 0 Å². The van der Waals surface area contributed by atoms with Crippen LogP contribution in [0.3, 0.4) is 0 Å². The predicted octanol–water partition coefficient (Wildman–Crippen LogP) is 2.97. The van der Waals surface area contributed by atoms with Gasteiger partial charge in [-0.1, -0.05) is 23.2 Å². The van der Waals surface area contributed by atoms with Crippen LogP contribution < -0.4 is 0 Å². The lowest BCUT2D eigenvalue weighted by Gasteiger charge is -2.02. The van der Waals surface area contributed by atoms with Crippen LogP contribution in [0.1, 0.15) is 10.5 Å². The van der Waals surface area contributed by atoms with Gasteiger partial charge < -0.3 is 4.74 Å². The summed E-state index contributed by atoms with van der Waals surface area (Å²) in [4.78, 5) is 11.3. The average Bonchev–Trinajstić information content (AvgIpc) is 2.71. The predicted molar refractivity (Wildman–Crippen MR) is 64.9 cm³/mol. The van der Waals surface area contributed by atoms with E-state index < -0.39 is 5.97 Å². The van der Waals surface area contributed by atoms with E-state index >= 15 is 0 Å². The first-order valence-corrected chi connectivity index (χ1v) is 5.47. The molecule has 0 atom stereocenters. The maximum atomic E-state index is 11.3. The minimum Gasteiger partial charge on any atom is -0.464 e. The number of hydrogen-bond acceptors (Lipinski definition) is 3. The van der Waals surface area contributed by atoms with Gasteiger partial charge in [-0.05, 0) is 24.3 Å². The lowest BCUT2D eigenvalue weighted by molar-refractivity contribution is 0.0593. The number of methoxy groups -OCH3 is 1. The van der Waals surface area contributed by atoms with E-state index in [1.807, 2.05) is 0 Å². The van der Waals surface area contributed by atoms with Gasteiger partial charge in [-0.2, -0.15) is 5.10 Å². The Bertz CT molecular complexity index is 549. The second-order valence-corrected chi connectivity index (χ2v) is 4.06. The standard InChI is InChI=1S/C11H8Cl2N2O2/c1-17-11(16)9-6-10(13)15(14-9)8-4-2-7(12)3-5-8/h2-6H,1H3. The zero-order valence-electron chi connectivity index (χ0n) is 8.85. The Hall–Kier alpha value is -1.52. The molecule has 1 aromatic heterocycles.